The topological polar surface area (TPSA) is 9.23 Å². The summed E-state index contributed by atoms with van der Waals surface area (Å²) >= 11 is 0. The van der Waals surface area contributed by atoms with Crippen LogP contribution < -0.4 is 0 Å². The minimum Gasteiger partial charge on any atom is -0.376 e. The highest BCUT2D eigenvalue weighted by molar-refractivity contribution is 5.33. The van der Waals surface area contributed by atoms with Crippen molar-refractivity contribution >= 4 is 0 Å². The van der Waals surface area contributed by atoms with Crippen molar-refractivity contribution in [1.82, 2.24) is 0 Å². The Labute approximate surface area is 141 Å². The molecule has 0 saturated heterocycles. The third kappa shape index (κ3) is 5.49. The first-order valence-electron chi connectivity index (χ1n) is 7.48. The smallest absolute Gasteiger partial charge is 0.376 e. The summed E-state index contributed by atoms with van der Waals surface area (Å²) in [5.41, 5.74) is -1.86. The molecule has 0 spiro atoms. The molecule has 2 rings (SSSR count). The van der Waals surface area contributed by atoms with E-state index < -0.39 is 23.5 Å². The predicted octanol–water partition coefficient (Wildman–Crippen LogP) is 6.04. The van der Waals surface area contributed by atoms with Crippen LogP contribution in [-0.4, -0.2) is 6.61 Å². The Morgan fingerprint density at radius 1 is 0.840 bits per heavy atom. The zero-order valence-electron chi connectivity index (χ0n) is 13.3. The maximum absolute atomic E-state index is 12.8. The predicted molar refractivity (Wildman–Crippen MR) is 81.0 cm³/mol. The standard InChI is InChI=1S/C18H16F6O/c1-12(14-5-3-2-4-6-14)10-25-11-13-7-15(17(19,20)21)9-16(8-13)18(22,23)24/h2-9,12H,10-11H2,1H3. The molecule has 0 saturated carbocycles. The van der Waals surface area contributed by atoms with E-state index in [0.717, 1.165) is 5.56 Å². The maximum atomic E-state index is 12.8. The first-order valence-corrected chi connectivity index (χ1v) is 7.48. The van der Waals surface area contributed by atoms with Crippen LogP contribution in [0.3, 0.4) is 0 Å². The van der Waals surface area contributed by atoms with Gasteiger partial charge in [0, 0.05) is 5.92 Å². The summed E-state index contributed by atoms with van der Waals surface area (Å²) < 4.78 is 82.1. The van der Waals surface area contributed by atoms with Crippen molar-refractivity contribution in [2.24, 2.45) is 0 Å². The second-order valence-electron chi connectivity index (χ2n) is 5.74. The van der Waals surface area contributed by atoms with Crippen LogP contribution in [0.5, 0.6) is 0 Å². The van der Waals surface area contributed by atoms with Crippen LogP contribution in [0.1, 0.15) is 35.1 Å². The zero-order chi connectivity index (χ0) is 18.7. The fourth-order valence-corrected chi connectivity index (χ4v) is 2.33. The molecule has 0 radical (unpaired) electrons. The van der Waals surface area contributed by atoms with E-state index in [1.54, 1.807) is 0 Å². The third-order valence-corrected chi connectivity index (χ3v) is 3.65. The van der Waals surface area contributed by atoms with Crippen molar-refractivity contribution in [3.8, 4) is 0 Å². The van der Waals surface area contributed by atoms with Gasteiger partial charge in [-0.25, -0.2) is 0 Å². The molecule has 7 heteroatoms. The lowest BCUT2D eigenvalue weighted by Gasteiger charge is -2.16. The Morgan fingerprint density at radius 2 is 1.36 bits per heavy atom. The van der Waals surface area contributed by atoms with Gasteiger partial charge in [0.15, 0.2) is 0 Å². The molecular weight excluding hydrogens is 346 g/mol. The molecule has 2 aromatic carbocycles. The lowest BCUT2D eigenvalue weighted by atomic mass is 10.0. The number of alkyl halides is 6. The molecule has 25 heavy (non-hydrogen) atoms. The molecule has 0 fully saturated rings. The van der Waals surface area contributed by atoms with Crippen LogP contribution in [0, 0.1) is 0 Å². The number of hydrogen-bond donors (Lipinski definition) is 0. The van der Waals surface area contributed by atoms with E-state index in [4.69, 9.17) is 4.74 Å². The summed E-state index contributed by atoms with van der Waals surface area (Å²) in [4.78, 5) is 0. The van der Waals surface area contributed by atoms with Gasteiger partial charge in [-0.15, -0.1) is 0 Å². The monoisotopic (exact) mass is 362 g/mol. The van der Waals surface area contributed by atoms with Crippen LogP contribution in [0.2, 0.25) is 0 Å². The van der Waals surface area contributed by atoms with Gasteiger partial charge in [0.25, 0.3) is 0 Å². The SMILES string of the molecule is CC(COCc1cc(C(F)(F)F)cc(C(F)(F)F)c1)c1ccccc1. The fourth-order valence-electron chi connectivity index (χ4n) is 2.33. The number of hydrogen-bond acceptors (Lipinski definition) is 1. The summed E-state index contributed by atoms with van der Waals surface area (Å²) in [7, 11) is 0. The number of benzene rings is 2. The Morgan fingerprint density at radius 3 is 1.84 bits per heavy atom. The van der Waals surface area contributed by atoms with Crippen molar-refractivity contribution in [3.05, 3.63) is 70.8 Å². The second-order valence-corrected chi connectivity index (χ2v) is 5.74. The molecule has 1 nitrogen and oxygen atoms in total. The van der Waals surface area contributed by atoms with Crippen LogP contribution in [0.15, 0.2) is 48.5 Å². The van der Waals surface area contributed by atoms with Crippen LogP contribution in [0.25, 0.3) is 0 Å². The molecule has 0 N–H and O–H groups in total. The highest BCUT2D eigenvalue weighted by Gasteiger charge is 2.36. The van der Waals surface area contributed by atoms with E-state index in [1.807, 2.05) is 37.3 Å². The molecule has 1 atom stereocenters. The molecule has 0 aromatic heterocycles. The summed E-state index contributed by atoms with van der Waals surface area (Å²) in [6, 6.07) is 10.8. The summed E-state index contributed by atoms with van der Waals surface area (Å²) in [6.07, 6.45) is -9.71. The van der Waals surface area contributed by atoms with Gasteiger partial charge in [-0.2, -0.15) is 26.3 Å². The Balaban J connectivity index is 2.11. The molecule has 1 unspecified atom stereocenters. The van der Waals surface area contributed by atoms with E-state index in [9.17, 15) is 26.3 Å². The van der Waals surface area contributed by atoms with Crippen molar-refractivity contribution in [1.29, 1.82) is 0 Å². The van der Waals surface area contributed by atoms with Crippen molar-refractivity contribution < 1.29 is 31.1 Å². The number of rotatable bonds is 5. The first kappa shape index (κ1) is 19.3. The summed E-state index contributed by atoms with van der Waals surface area (Å²) in [5, 5.41) is 0. The minimum absolute atomic E-state index is 0.0333. The molecule has 0 amide bonds. The van der Waals surface area contributed by atoms with E-state index in [2.05, 4.69) is 0 Å². The Bertz CT molecular complexity index is 659. The normalized spacial score (nSPS) is 13.7. The second kappa shape index (κ2) is 7.47. The lowest BCUT2D eigenvalue weighted by molar-refractivity contribution is -0.143. The molecule has 0 aliphatic heterocycles. The molecule has 136 valence electrons. The van der Waals surface area contributed by atoms with Crippen LogP contribution in [0.4, 0.5) is 26.3 Å². The number of halogens is 6. The Kier molecular flexibility index (Phi) is 5.77. The minimum atomic E-state index is -4.85. The molecule has 0 aliphatic rings. The summed E-state index contributed by atoms with van der Waals surface area (Å²) in [5.74, 6) is -0.0333. The highest BCUT2D eigenvalue weighted by atomic mass is 19.4. The largest absolute Gasteiger partial charge is 0.416 e. The highest BCUT2D eigenvalue weighted by Crippen LogP contribution is 2.36. The van der Waals surface area contributed by atoms with Gasteiger partial charge in [0.05, 0.1) is 24.3 Å². The van der Waals surface area contributed by atoms with Gasteiger partial charge in [-0.1, -0.05) is 37.3 Å². The quantitative estimate of drug-likeness (QED) is 0.589. The van der Waals surface area contributed by atoms with E-state index in [1.165, 1.54) is 0 Å². The summed E-state index contributed by atoms with van der Waals surface area (Å²) in [6.45, 7) is 1.72. The van der Waals surface area contributed by atoms with E-state index in [-0.39, 0.29) is 30.8 Å². The molecule has 0 bridgehead atoms. The van der Waals surface area contributed by atoms with Crippen molar-refractivity contribution in [2.75, 3.05) is 6.61 Å². The van der Waals surface area contributed by atoms with Crippen molar-refractivity contribution in [3.63, 3.8) is 0 Å². The van der Waals surface area contributed by atoms with Gasteiger partial charge in [-0.05, 0) is 29.3 Å². The first-order chi connectivity index (χ1) is 11.6. The van der Waals surface area contributed by atoms with Gasteiger partial charge >= 0.3 is 12.4 Å². The van der Waals surface area contributed by atoms with E-state index >= 15 is 0 Å². The number of ether oxygens (including phenoxy) is 1. The maximum Gasteiger partial charge on any atom is 0.416 e. The van der Waals surface area contributed by atoms with E-state index in [0.29, 0.717) is 12.1 Å². The Hall–Kier alpha value is -2.02. The fraction of sp³-hybridized carbons (Fsp3) is 0.333. The average Bonchev–Trinajstić information content (AvgIpc) is 2.53. The van der Waals surface area contributed by atoms with Gasteiger partial charge in [0.1, 0.15) is 0 Å². The lowest BCUT2D eigenvalue weighted by Crippen LogP contribution is -2.12. The zero-order valence-corrected chi connectivity index (χ0v) is 13.3. The molecular formula is C18H16F6O. The molecule has 2 aromatic rings. The van der Waals surface area contributed by atoms with Gasteiger partial charge in [-0.3, -0.25) is 0 Å². The van der Waals surface area contributed by atoms with Crippen molar-refractivity contribution in [2.45, 2.75) is 31.8 Å². The third-order valence-electron chi connectivity index (χ3n) is 3.65. The van der Waals surface area contributed by atoms with Gasteiger partial charge in [0.2, 0.25) is 0 Å². The van der Waals surface area contributed by atoms with Crippen LogP contribution in [-0.2, 0) is 23.7 Å². The van der Waals surface area contributed by atoms with Crippen LogP contribution >= 0.6 is 0 Å². The molecule has 0 heterocycles. The average molecular weight is 362 g/mol. The molecule has 0 aliphatic carbocycles. The van der Waals surface area contributed by atoms with Gasteiger partial charge < -0.3 is 4.74 Å².